The van der Waals surface area contributed by atoms with Gasteiger partial charge in [-0.25, -0.2) is 13.1 Å². The van der Waals surface area contributed by atoms with E-state index in [0.29, 0.717) is 18.7 Å². The molecule has 0 saturated heterocycles. The standard InChI is InChI=1S/C23H25N3O3S/c1-16(2)25-30(28,29)19-9-7-18(8-10-19)23(27)26-13-11-17(12-14-26)21-15-24-22-6-4-3-5-20(21)22/h3-11,15-16,24-25H,12-14H2,1-2H3. The monoisotopic (exact) mass is 423 g/mol. The van der Waals surface area contributed by atoms with E-state index in [9.17, 15) is 13.2 Å². The molecule has 30 heavy (non-hydrogen) atoms. The van der Waals surface area contributed by atoms with E-state index in [4.69, 9.17) is 0 Å². The molecule has 2 aromatic carbocycles. The number of hydrogen-bond acceptors (Lipinski definition) is 3. The van der Waals surface area contributed by atoms with Crippen LogP contribution in [-0.2, 0) is 10.0 Å². The molecule has 2 heterocycles. The summed E-state index contributed by atoms with van der Waals surface area (Å²) in [6, 6.07) is 14.1. The Hall–Kier alpha value is -2.90. The molecule has 2 N–H and O–H groups in total. The molecule has 0 radical (unpaired) electrons. The second kappa shape index (κ2) is 8.08. The summed E-state index contributed by atoms with van der Waals surface area (Å²) in [5.74, 6) is -0.0926. The summed E-state index contributed by atoms with van der Waals surface area (Å²) in [5.41, 5.74) is 4.01. The summed E-state index contributed by atoms with van der Waals surface area (Å²) in [6.45, 7) is 4.69. The molecule has 0 spiro atoms. The number of fused-ring (bicyclic) bond motifs is 1. The number of benzene rings is 2. The molecule has 1 amide bonds. The maximum atomic E-state index is 12.9. The topological polar surface area (TPSA) is 82.3 Å². The second-order valence-corrected chi connectivity index (χ2v) is 9.49. The lowest BCUT2D eigenvalue weighted by Crippen LogP contribution is -2.34. The van der Waals surface area contributed by atoms with Crippen molar-refractivity contribution >= 4 is 32.4 Å². The number of aromatic nitrogens is 1. The zero-order valence-electron chi connectivity index (χ0n) is 17.1. The number of amides is 1. The van der Waals surface area contributed by atoms with E-state index >= 15 is 0 Å². The van der Waals surface area contributed by atoms with Gasteiger partial charge in [-0.2, -0.15) is 0 Å². The normalized spacial score (nSPS) is 14.9. The lowest BCUT2D eigenvalue weighted by molar-refractivity contribution is 0.0773. The Morgan fingerprint density at radius 2 is 1.83 bits per heavy atom. The summed E-state index contributed by atoms with van der Waals surface area (Å²) in [5, 5.41) is 1.19. The number of carbonyl (C=O) groups excluding carboxylic acids is 1. The Bertz CT molecular complexity index is 1210. The van der Waals surface area contributed by atoms with Crippen LogP contribution in [0.3, 0.4) is 0 Å². The highest BCUT2D eigenvalue weighted by atomic mass is 32.2. The van der Waals surface area contributed by atoms with Gasteiger partial charge in [0, 0.05) is 47.4 Å². The minimum atomic E-state index is -3.56. The first-order chi connectivity index (χ1) is 14.3. The van der Waals surface area contributed by atoms with Gasteiger partial charge in [0.15, 0.2) is 0 Å². The molecule has 0 fully saturated rings. The predicted molar refractivity (Wildman–Crippen MR) is 119 cm³/mol. The molecular formula is C23H25N3O3S. The van der Waals surface area contributed by atoms with Gasteiger partial charge in [-0.15, -0.1) is 0 Å². The first-order valence-electron chi connectivity index (χ1n) is 10.0. The van der Waals surface area contributed by atoms with E-state index in [-0.39, 0.29) is 16.8 Å². The average Bonchev–Trinajstić information content (AvgIpc) is 3.17. The molecule has 0 unspecified atom stereocenters. The number of hydrogen-bond donors (Lipinski definition) is 2. The summed E-state index contributed by atoms with van der Waals surface area (Å²) >= 11 is 0. The van der Waals surface area contributed by atoms with E-state index in [1.807, 2.05) is 18.3 Å². The van der Waals surface area contributed by atoms with Crippen molar-refractivity contribution in [2.24, 2.45) is 0 Å². The van der Waals surface area contributed by atoms with Crippen molar-refractivity contribution in [2.75, 3.05) is 13.1 Å². The second-order valence-electron chi connectivity index (χ2n) is 7.78. The van der Waals surface area contributed by atoms with Gasteiger partial charge < -0.3 is 9.88 Å². The molecule has 0 atom stereocenters. The molecule has 1 aliphatic heterocycles. The van der Waals surface area contributed by atoms with Crippen LogP contribution in [0.4, 0.5) is 0 Å². The fraction of sp³-hybridized carbons (Fsp3) is 0.261. The van der Waals surface area contributed by atoms with Gasteiger partial charge in [-0.05, 0) is 56.2 Å². The van der Waals surface area contributed by atoms with Crippen LogP contribution in [0.2, 0.25) is 0 Å². The summed E-state index contributed by atoms with van der Waals surface area (Å²) in [7, 11) is -3.56. The molecule has 4 rings (SSSR count). The number of nitrogens with one attached hydrogen (secondary N) is 2. The van der Waals surface area contributed by atoms with Crippen LogP contribution in [0.15, 0.2) is 65.7 Å². The van der Waals surface area contributed by atoms with Gasteiger partial charge in [0.1, 0.15) is 0 Å². The van der Waals surface area contributed by atoms with Crippen molar-refractivity contribution in [3.8, 4) is 0 Å². The lowest BCUT2D eigenvalue weighted by atomic mass is 9.98. The number of para-hydroxylation sites is 1. The lowest BCUT2D eigenvalue weighted by Gasteiger charge is -2.26. The zero-order chi connectivity index (χ0) is 21.3. The van der Waals surface area contributed by atoms with E-state index in [1.54, 1.807) is 30.9 Å². The maximum absolute atomic E-state index is 12.9. The van der Waals surface area contributed by atoms with E-state index in [2.05, 4.69) is 27.9 Å². The molecule has 156 valence electrons. The van der Waals surface area contributed by atoms with Gasteiger partial charge in [0.2, 0.25) is 10.0 Å². The minimum absolute atomic E-state index is 0.0926. The van der Waals surface area contributed by atoms with Crippen LogP contribution >= 0.6 is 0 Å². The number of aromatic amines is 1. The molecule has 0 bridgehead atoms. The van der Waals surface area contributed by atoms with Crippen molar-refractivity contribution in [1.82, 2.24) is 14.6 Å². The first kappa shape index (κ1) is 20.4. The van der Waals surface area contributed by atoms with Gasteiger partial charge in [0.05, 0.1) is 4.90 Å². The van der Waals surface area contributed by atoms with Crippen molar-refractivity contribution in [1.29, 1.82) is 0 Å². The number of sulfonamides is 1. The molecule has 1 aromatic heterocycles. The Morgan fingerprint density at radius 1 is 1.10 bits per heavy atom. The quantitative estimate of drug-likeness (QED) is 0.655. The SMILES string of the molecule is CC(C)NS(=O)(=O)c1ccc(C(=O)N2CC=C(c3c[nH]c4ccccc34)CC2)cc1. The Morgan fingerprint density at radius 3 is 2.50 bits per heavy atom. The number of nitrogens with zero attached hydrogens (tertiary/aromatic N) is 1. The molecule has 1 aliphatic rings. The van der Waals surface area contributed by atoms with E-state index < -0.39 is 10.0 Å². The van der Waals surface area contributed by atoms with Gasteiger partial charge >= 0.3 is 0 Å². The molecule has 0 saturated carbocycles. The third-order valence-corrected chi connectivity index (χ3v) is 6.91. The van der Waals surface area contributed by atoms with Gasteiger partial charge in [0.25, 0.3) is 5.91 Å². The third kappa shape index (κ3) is 4.04. The minimum Gasteiger partial charge on any atom is -0.361 e. The smallest absolute Gasteiger partial charge is 0.254 e. The van der Waals surface area contributed by atoms with Crippen molar-refractivity contribution in [2.45, 2.75) is 31.2 Å². The highest BCUT2D eigenvalue weighted by molar-refractivity contribution is 7.89. The van der Waals surface area contributed by atoms with Crippen molar-refractivity contribution in [3.63, 3.8) is 0 Å². The number of H-pyrrole nitrogens is 1. The van der Waals surface area contributed by atoms with E-state index in [0.717, 1.165) is 11.9 Å². The maximum Gasteiger partial charge on any atom is 0.254 e. The Kier molecular flexibility index (Phi) is 5.49. The van der Waals surface area contributed by atoms with Crippen LogP contribution in [0, 0.1) is 0 Å². The molecule has 0 aliphatic carbocycles. The molecule has 6 nitrogen and oxygen atoms in total. The van der Waals surface area contributed by atoms with E-state index in [1.165, 1.54) is 28.7 Å². The molecular weight excluding hydrogens is 398 g/mol. The fourth-order valence-corrected chi connectivity index (χ4v) is 5.02. The van der Waals surface area contributed by atoms with Crippen LogP contribution < -0.4 is 4.72 Å². The fourth-order valence-electron chi connectivity index (χ4n) is 3.77. The Balaban J connectivity index is 1.48. The highest BCUT2D eigenvalue weighted by Crippen LogP contribution is 2.29. The number of rotatable bonds is 5. The average molecular weight is 424 g/mol. The number of carbonyl (C=O) groups is 1. The predicted octanol–water partition coefficient (Wildman–Crippen LogP) is 3.78. The first-order valence-corrected chi connectivity index (χ1v) is 11.5. The highest BCUT2D eigenvalue weighted by Gasteiger charge is 2.22. The van der Waals surface area contributed by atoms with Gasteiger partial charge in [-0.3, -0.25) is 4.79 Å². The van der Waals surface area contributed by atoms with Crippen LogP contribution in [0.1, 0.15) is 36.2 Å². The summed E-state index contributed by atoms with van der Waals surface area (Å²) in [6.07, 6.45) is 4.90. The molecule has 3 aromatic rings. The largest absolute Gasteiger partial charge is 0.361 e. The van der Waals surface area contributed by atoms with Crippen LogP contribution in [0.5, 0.6) is 0 Å². The molecule has 7 heteroatoms. The van der Waals surface area contributed by atoms with Gasteiger partial charge in [-0.1, -0.05) is 24.3 Å². The van der Waals surface area contributed by atoms with Crippen molar-refractivity contribution < 1.29 is 13.2 Å². The third-order valence-electron chi connectivity index (χ3n) is 5.23. The zero-order valence-corrected chi connectivity index (χ0v) is 17.9. The summed E-state index contributed by atoms with van der Waals surface area (Å²) in [4.78, 5) is 18.1. The van der Waals surface area contributed by atoms with Crippen LogP contribution in [0.25, 0.3) is 16.5 Å². The van der Waals surface area contributed by atoms with Crippen LogP contribution in [-0.4, -0.2) is 43.3 Å². The Labute approximate surface area is 176 Å². The summed E-state index contributed by atoms with van der Waals surface area (Å²) < 4.78 is 27.0. The van der Waals surface area contributed by atoms with Crippen molar-refractivity contribution in [3.05, 3.63) is 71.9 Å².